The number of aliphatic hydroxyl groups is 1. The fourth-order valence-electron chi connectivity index (χ4n) is 0.913. The molecule has 64 valence electrons. The van der Waals surface area contributed by atoms with Crippen LogP contribution in [-0.4, -0.2) is 16.8 Å². The van der Waals surface area contributed by atoms with Crippen molar-refractivity contribution in [3.63, 3.8) is 0 Å². The Bertz CT molecular complexity index is 266. The topological polar surface area (TPSA) is 40.5 Å². The zero-order chi connectivity index (χ0) is 8.81. The minimum atomic E-state index is 0.143. The van der Waals surface area contributed by atoms with Crippen molar-refractivity contribution in [2.75, 3.05) is 6.61 Å². The molecule has 1 aromatic carbocycles. The van der Waals surface area contributed by atoms with E-state index in [0.29, 0.717) is 6.42 Å². The van der Waals surface area contributed by atoms with Crippen molar-refractivity contribution >= 4 is 6.08 Å². The molecule has 0 aliphatic carbocycles. The molecule has 12 heavy (non-hydrogen) atoms. The maximum absolute atomic E-state index is 9.30. The van der Waals surface area contributed by atoms with Crippen LogP contribution in [0, 0.1) is 0 Å². The molecule has 0 unspecified atom stereocenters. The molecule has 0 aromatic heterocycles. The second kappa shape index (κ2) is 4.57. The van der Waals surface area contributed by atoms with Gasteiger partial charge in [-0.25, -0.2) is 0 Å². The third kappa shape index (κ3) is 2.40. The smallest absolute Gasteiger partial charge is 0.122 e. The first-order valence-electron chi connectivity index (χ1n) is 3.90. The largest absolute Gasteiger partial charge is 0.507 e. The number of phenolic OH excluding ortho intramolecular Hbond substituents is 1. The van der Waals surface area contributed by atoms with Gasteiger partial charge >= 0.3 is 0 Å². The lowest BCUT2D eigenvalue weighted by Crippen LogP contribution is -1.76. The fraction of sp³-hybridized carbons (Fsp3) is 0.200. The fourth-order valence-corrected chi connectivity index (χ4v) is 0.913. The van der Waals surface area contributed by atoms with E-state index in [4.69, 9.17) is 5.11 Å². The van der Waals surface area contributed by atoms with Gasteiger partial charge in [-0.1, -0.05) is 30.4 Å². The van der Waals surface area contributed by atoms with E-state index in [1.165, 1.54) is 0 Å². The predicted molar refractivity (Wildman–Crippen MR) is 48.8 cm³/mol. The van der Waals surface area contributed by atoms with E-state index in [1.807, 2.05) is 18.2 Å². The Balaban J connectivity index is 2.68. The molecule has 0 spiro atoms. The molecule has 0 saturated carbocycles. The minimum absolute atomic E-state index is 0.143. The standard InChI is InChI=1S/C10H12O2/c11-8-4-3-6-9-5-1-2-7-10(9)12/h1-3,5-7,11-12H,4,8H2/b6-3-. The maximum atomic E-state index is 9.30. The van der Waals surface area contributed by atoms with Crippen LogP contribution in [0.25, 0.3) is 6.08 Å². The van der Waals surface area contributed by atoms with Crippen molar-refractivity contribution in [1.82, 2.24) is 0 Å². The first kappa shape index (κ1) is 8.81. The summed E-state index contributed by atoms with van der Waals surface area (Å²) in [5.74, 6) is 0.270. The molecular formula is C10H12O2. The average molecular weight is 164 g/mol. The predicted octanol–water partition coefficient (Wildman–Crippen LogP) is 1.79. The third-order valence-corrected chi connectivity index (χ3v) is 1.53. The lowest BCUT2D eigenvalue weighted by molar-refractivity contribution is 0.303. The van der Waals surface area contributed by atoms with Crippen molar-refractivity contribution in [3.8, 4) is 5.75 Å². The molecule has 2 nitrogen and oxygen atoms in total. The lowest BCUT2D eigenvalue weighted by atomic mass is 10.2. The molecule has 0 fully saturated rings. The number of aliphatic hydroxyl groups excluding tert-OH is 1. The average Bonchev–Trinajstić information content (AvgIpc) is 2.09. The number of benzene rings is 1. The molecule has 0 amide bonds. The van der Waals surface area contributed by atoms with Crippen LogP contribution in [0.3, 0.4) is 0 Å². The molecule has 0 heterocycles. The van der Waals surface area contributed by atoms with E-state index < -0.39 is 0 Å². The Kier molecular flexibility index (Phi) is 3.35. The molecule has 0 aliphatic rings. The number of hydrogen-bond donors (Lipinski definition) is 2. The second-order valence-corrected chi connectivity index (χ2v) is 2.47. The summed E-state index contributed by atoms with van der Waals surface area (Å²) in [5.41, 5.74) is 0.783. The van der Waals surface area contributed by atoms with E-state index in [9.17, 15) is 5.11 Å². The Morgan fingerprint density at radius 2 is 2.00 bits per heavy atom. The van der Waals surface area contributed by atoms with Gasteiger partial charge < -0.3 is 10.2 Å². The molecule has 0 aliphatic heterocycles. The SMILES string of the molecule is OCC/C=C\c1ccccc1O. The summed E-state index contributed by atoms with van der Waals surface area (Å²) in [5, 5.41) is 17.8. The second-order valence-electron chi connectivity index (χ2n) is 2.47. The molecule has 2 N–H and O–H groups in total. The van der Waals surface area contributed by atoms with Crippen molar-refractivity contribution in [2.24, 2.45) is 0 Å². The highest BCUT2D eigenvalue weighted by molar-refractivity contribution is 5.56. The highest BCUT2D eigenvalue weighted by Gasteiger charge is 1.91. The van der Waals surface area contributed by atoms with Crippen LogP contribution in [0.1, 0.15) is 12.0 Å². The van der Waals surface area contributed by atoms with Crippen molar-refractivity contribution in [1.29, 1.82) is 0 Å². The van der Waals surface area contributed by atoms with Crippen molar-refractivity contribution in [2.45, 2.75) is 6.42 Å². The van der Waals surface area contributed by atoms with E-state index in [2.05, 4.69) is 0 Å². The normalized spacial score (nSPS) is 10.8. The Morgan fingerprint density at radius 1 is 1.25 bits per heavy atom. The zero-order valence-corrected chi connectivity index (χ0v) is 6.77. The maximum Gasteiger partial charge on any atom is 0.122 e. The number of hydrogen-bond acceptors (Lipinski definition) is 2. The van der Waals surface area contributed by atoms with Crippen LogP contribution in [-0.2, 0) is 0 Å². The summed E-state index contributed by atoms with van der Waals surface area (Å²) in [6, 6.07) is 7.10. The van der Waals surface area contributed by atoms with Gasteiger partial charge in [0.2, 0.25) is 0 Å². The number of para-hydroxylation sites is 1. The van der Waals surface area contributed by atoms with Crippen LogP contribution in [0.5, 0.6) is 5.75 Å². The van der Waals surface area contributed by atoms with Gasteiger partial charge in [0.25, 0.3) is 0 Å². The zero-order valence-electron chi connectivity index (χ0n) is 6.77. The van der Waals surface area contributed by atoms with Gasteiger partial charge in [0.1, 0.15) is 5.75 Å². The minimum Gasteiger partial charge on any atom is -0.507 e. The molecular weight excluding hydrogens is 152 g/mol. The van der Waals surface area contributed by atoms with Gasteiger partial charge in [0.05, 0.1) is 0 Å². The highest BCUT2D eigenvalue weighted by atomic mass is 16.3. The Hall–Kier alpha value is -1.28. The van der Waals surface area contributed by atoms with Crippen LogP contribution in [0.15, 0.2) is 30.3 Å². The highest BCUT2D eigenvalue weighted by Crippen LogP contribution is 2.16. The molecule has 0 bridgehead atoms. The van der Waals surface area contributed by atoms with E-state index >= 15 is 0 Å². The van der Waals surface area contributed by atoms with E-state index in [0.717, 1.165) is 5.56 Å². The number of phenols is 1. The summed E-state index contributed by atoms with van der Waals surface area (Å²) in [4.78, 5) is 0. The van der Waals surface area contributed by atoms with Crippen molar-refractivity contribution < 1.29 is 10.2 Å². The first-order valence-corrected chi connectivity index (χ1v) is 3.90. The van der Waals surface area contributed by atoms with Gasteiger partial charge in [-0.05, 0) is 12.5 Å². The molecule has 0 radical (unpaired) electrons. The summed E-state index contributed by atoms with van der Waals surface area (Å²) in [6.45, 7) is 0.143. The summed E-state index contributed by atoms with van der Waals surface area (Å²) in [7, 11) is 0. The summed E-state index contributed by atoms with van der Waals surface area (Å²) >= 11 is 0. The van der Waals surface area contributed by atoms with Crippen LogP contribution in [0.2, 0.25) is 0 Å². The van der Waals surface area contributed by atoms with Crippen LogP contribution < -0.4 is 0 Å². The van der Waals surface area contributed by atoms with Gasteiger partial charge in [0, 0.05) is 12.2 Å². The number of aromatic hydroxyl groups is 1. The molecule has 2 heteroatoms. The lowest BCUT2D eigenvalue weighted by Gasteiger charge is -1.96. The quantitative estimate of drug-likeness (QED) is 0.715. The van der Waals surface area contributed by atoms with E-state index in [-0.39, 0.29) is 12.4 Å². The van der Waals surface area contributed by atoms with Gasteiger partial charge in [-0.15, -0.1) is 0 Å². The summed E-state index contributed by atoms with van der Waals surface area (Å²) < 4.78 is 0. The van der Waals surface area contributed by atoms with Gasteiger partial charge in [-0.2, -0.15) is 0 Å². The number of rotatable bonds is 3. The first-order chi connectivity index (χ1) is 5.84. The van der Waals surface area contributed by atoms with Crippen molar-refractivity contribution in [3.05, 3.63) is 35.9 Å². The van der Waals surface area contributed by atoms with Gasteiger partial charge in [-0.3, -0.25) is 0 Å². The third-order valence-electron chi connectivity index (χ3n) is 1.53. The molecule has 0 atom stereocenters. The molecule has 0 saturated heterocycles. The molecule has 1 aromatic rings. The van der Waals surface area contributed by atoms with Crippen LogP contribution >= 0.6 is 0 Å². The monoisotopic (exact) mass is 164 g/mol. The molecule has 1 rings (SSSR count). The summed E-state index contributed by atoms with van der Waals surface area (Å²) in [6.07, 6.45) is 4.24. The Morgan fingerprint density at radius 3 is 2.67 bits per heavy atom. The van der Waals surface area contributed by atoms with Crippen LogP contribution in [0.4, 0.5) is 0 Å². The van der Waals surface area contributed by atoms with E-state index in [1.54, 1.807) is 18.2 Å². The van der Waals surface area contributed by atoms with Gasteiger partial charge in [0.15, 0.2) is 0 Å². The Labute approximate surface area is 71.8 Å².